The predicted molar refractivity (Wildman–Crippen MR) is 64.5 cm³/mol. The van der Waals surface area contributed by atoms with Gasteiger partial charge in [0.1, 0.15) is 0 Å². The lowest BCUT2D eigenvalue weighted by Gasteiger charge is -1.98. The third-order valence-corrected chi connectivity index (χ3v) is 2.31. The van der Waals surface area contributed by atoms with Crippen molar-refractivity contribution < 1.29 is 0 Å². The van der Waals surface area contributed by atoms with Crippen molar-refractivity contribution in [1.82, 2.24) is 9.97 Å². The molecule has 2 aromatic rings. The number of aromatic amines is 2. The van der Waals surface area contributed by atoms with E-state index in [1.165, 1.54) is 0 Å². The Morgan fingerprint density at radius 2 is 2.06 bits per heavy atom. The molecule has 2 rings (SSSR count). The van der Waals surface area contributed by atoms with Crippen LogP contribution in [0.25, 0.3) is 17.0 Å². The zero-order chi connectivity index (χ0) is 11.5. The molecule has 0 unspecified atom stereocenters. The molecule has 0 bridgehead atoms. The predicted octanol–water partition coefficient (Wildman–Crippen LogP) is 1.64. The molecule has 2 N–H and O–H groups in total. The molecule has 1 aromatic heterocycles. The lowest BCUT2D eigenvalue weighted by molar-refractivity contribution is 1.08. The van der Waals surface area contributed by atoms with Crippen LogP contribution in [0.5, 0.6) is 0 Å². The first kappa shape index (κ1) is 10.4. The molecular formula is C12H12N2O2. The van der Waals surface area contributed by atoms with E-state index in [0.29, 0.717) is 10.9 Å². The molecule has 0 amide bonds. The van der Waals surface area contributed by atoms with Crippen LogP contribution in [-0.2, 0) is 0 Å². The SMILES string of the molecule is CCC=Cc1ccc2c(=O)[nH]c(=O)[nH]c2c1. The fourth-order valence-electron chi connectivity index (χ4n) is 1.54. The Morgan fingerprint density at radius 3 is 2.81 bits per heavy atom. The lowest BCUT2D eigenvalue weighted by atomic mass is 10.1. The van der Waals surface area contributed by atoms with Crippen LogP contribution in [0.3, 0.4) is 0 Å². The highest BCUT2D eigenvalue weighted by atomic mass is 16.2. The van der Waals surface area contributed by atoms with Crippen molar-refractivity contribution in [1.29, 1.82) is 0 Å². The number of nitrogens with one attached hydrogen (secondary N) is 2. The first-order chi connectivity index (χ1) is 7.70. The summed E-state index contributed by atoms with van der Waals surface area (Å²) >= 11 is 0. The summed E-state index contributed by atoms with van der Waals surface area (Å²) in [6, 6.07) is 5.35. The van der Waals surface area contributed by atoms with Crippen molar-refractivity contribution in [2.45, 2.75) is 13.3 Å². The maximum absolute atomic E-state index is 11.4. The standard InChI is InChI=1S/C12H12N2O2/c1-2-3-4-8-5-6-9-10(7-8)13-12(16)14-11(9)15/h3-7H,2H2,1H3,(H2,13,14,15,16). The van der Waals surface area contributed by atoms with Crippen LogP contribution in [0.4, 0.5) is 0 Å². The van der Waals surface area contributed by atoms with Gasteiger partial charge in [0.2, 0.25) is 0 Å². The van der Waals surface area contributed by atoms with E-state index in [1.807, 2.05) is 25.1 Å². The summed E-state index contributed by atoms with van der Waals surface area (Å²) in [5, 5.41) is 0.494. The number of allylic oxidation sites excluding steroid dienone is 1. The van der Waals surface area contributed by atoms with E-state index in [4.69, 9.17) is 0 Å². The highest BCUT2D eigenvalue weighted by molar-refractivity contribution is 5.79. The van der Waals surface area contributed by atoms with E-state index in [0.717, 1.165) is 12.0 Å². The minimum absolute atomic E-state index is 0.357. The number of hydrogen-bond donors (Lipinski definition) is 2. The van der Waals surface area contributed by atoms with Gasteiger partial charge in [-0.2, -0.15) is 0 Å². The first-order valence-electron chi connectivity index (χ1n) is 5.13. The van der Waals surface area contributed by atoms with E-state index in [2.05, 4.69) is 9.97 Å². The smallest absolute Gasteiger partial charge is 0.307 e. The molecule has 0 spiro atoms. The number of H-pyrrole nitrogens is 2. The number of hydrogen-bond acceptors (Lipinski definition) is 2. The Balaban J connectivity index is 2.66. The molecule has 0 aliphatic rings. The molecule has 82 valence electrons. The van der Waals surface area contributed by atoms with Crippen LogP contribution in [0.15, 0.2) is 33.9 Å². The van der Waals surface area contributed by atoms with E-state index in [-0.39, 0.29) is 5.56 Å². The molecule has 0 atom stereocenters. The van der Waals surface area contributed by atoms with Crippen molar-refractivity contribution >= 4 is 17.0 Å². The van der Waals surface area contributed by atoms with Crippen molar-refractivity contribution in [2.75, 3.05) is 0 Å². The molecular weight excluding hydrogens is 204 g/mol. The van der Waals surface area contributed by atoms with Crippen molar-refractivity contribution in [3.8, 4) is 0 Å². The molecule has 0 radical (unpaired) electrons. The van der Waals surface area contributed by atoms with Gasteiger partial charge in [0, 0.05) is 0 Å². The van der Waals surface area contributed by atoms with Gasteiger partial charge < -0.3 is 4.98 Å². The average molecular weight is 216 g/mol. The van der Waals surface area contributed by atoms with Crippen LogP contribution in [-0.4, -0.2) is 9.97 Å². The van der Waals surface area contributed by atoms with Gasteiger partial charge in [-0.25, -0.2) is 4.79 Å². The summed E-state index contributed by atoms with van der Waals surface area (Å²) in [4.78, 5) is 27.3. The topological polar surface area (TPSA) is 65.7 Å². The second-order valence-corrected chi connectivity index (χ2v) is 3.52. The second kappa shape index (κ2) is 4.18. The van der Waals surface area contributed by atoms with Crippen LogP contribution < -0.4 is 11.2 Å². The van der Waals surface area contributed by atoms with Gasteiger partial charge >= 0.3 is 5.69 Å². The maximum Gasteiger partial charge on any atom is 0.326 e. The molecule has 0 aliphatic heterocycles. The van der Waals surface area contributed by atoms with Crippen molar-refractivity contribution in [3.05, 3.63) is 50.7 Å². The van der Waals surface area contributed by atoms with E-state index in [9.17, 15) is 9.59 Å². The van der Waals surface area contributed by atoms with Crippen LogP contribution in [0.2, 0.25) is 0 Å². The van der Waals surface area contributed by atoms with Gasteiger partial charge in [-0.15, -0.1) is 0 Å². The molecule has 0 saturated heterocycles. The number of benzene rings is 1. The van der Waals surface area contributed by atoms with Gasteiger partial charge in [-0.3, -0.25) is 9.78 Å². The molecule has 1 heterocycles. The number of fused-ring (bicyclic) bond motifs is 1. The van der Waals surface area contributed by atoms with Gasteiger partial charge in [0.15, 0.2) is 0 Å². The summed E-state index contributed by atoms with van der Waals surface area (Å²) < 4.78 is 0. The molecule has 4 nitrogen and oxygen atoms in total. The second-order valence-electron chi connectivity index (χ2n) is 3.52. The average Bonchev–Trinajstić information content (AvgIpc) is 2.25. The Bertz CT molecular complexity index is 650. The zero-order valence-corrected chi connectivity index (χ0v) is 8.91. The fraction of sp³-hybridized carbons (Fsp3) is 0.167. The third kappa shape index (κ3) is 1.95. The monoisotopic (exact) mass is 216 g/mol. The molecule has 0 saturated carbocycles. The molecule has 0 fully saturated rings. The number of aromatic nitrogens is 2. The highest BCUT2D eigenvalue weighted by Crippen LogP contribution is 2.10. The van der Waals surface area contributed by atoms with Crippen molar-refractivity contribution in [2.24, 2.45) is 0 Å². The van der Waals surface area contributed by atoms with Crippen LogP contribution >= 0.6 is 0 Å². The van der Waals surface area contributed by atoms with Gasteiger partial charge in [0.05, 0.1) is 10.9 Å². The van der Waals surface area contributed by atoms with Gasteiger partial charge in [0.25, 0.3) is 5.56 Å². The maximum atomic E-state index is 11.4. The molecule has 0 aliphatic carbocycles. The Kier molecular flexibility index (Phi) is 2.72. The fourth-order valence-corrected chi connectivity index (χ4v) is 1.54. The normalized spacial score (nSPS) is 11.3. The van der Waals surface area contributed by atoms with E-state index >= 15 is 0 Å². The summed E-state index contributed by atoms with van der Waals surface area (Å²) in [7, 11) is 0. The Hall–Kier alpha value is -2.10. The van der Waals surface area contributed by atoms with E-state index < -0.39 is 5.69 Å². The lowest BCUT2D eigenvalue weighted by Crippen LogP contribution is -2.21. The Labute approximate surface area is 91.6 Å². The van der Waals surface area contributed by atoms with Crippen LogP contribution in [0, 0.1) is 0 Å². The Morgan fingerprint density at radius 1 is 1.25 bits per heavy atom. The third-order valence-electron chi connectivity index (χ3n) is 2.31. The summed E-state index contributed by atoms with van der Waals surface area (Å²) in [5.41, 5.74) is 0.696. The summed E-state index contributed by atoms with van der Waals surface area (Å²) in [6.07, 6.45) is 4.93. The summed E-state index contributed by atoms with van der Waals surface area (Å²) in [6.45, 7) is 2.05. The minimum Gasteiger partial charge on any atom is -0.307 e. The van der Waals surface area contributed by atoms with Gasteiger partial charge in [-0.1, -0.05) is 25.1 Å². The minimum atomic E-state index is -0.478. The number of rotatable bonds is 2. The van der Waals surface area contributed by atoms with E-state index in [1.54, 1.807) is 12.1 Å². The largest absolute Gasteiger partial charge is 0.326 e. The molecule has 16 heavy (non-hydrogen) atoms. The van der Waals surface area contributed by atoms with Crippen molar-refractivity contribution in [3.63, 3.8) is 0 Å². The van der Waals surface area contributed by atoms with Gasteiger partial charge in [-0.05, 0) is 24.1 Å². The van der Waals surface area contributed by atoms with Crippen LogP contribution in [0.1, 0.15) is 18.9 Å². The first-order valence-corrected chi connectivity index (χ1v) is 5.13. The highest BCUT2D eigenvalue weighted by Gasteiger charge is 1.99. The zero-order valence-electron chi connectivity index (χ0n) is 8.91. The molecule has 1 aromatic carbocycles. The molecule has 4 heteroatoms. The quantitative estimate of drug-likeness (QED) is 0.801. The summed E-state index contributed by atoms with van der Waals surface area (Å²) in [5.74, 6) is 0.